The van der Waals surface area contributed by atoms with Crippen molar-refractivity contribution in [3.8, 4) is 11.5 Å². The van der Waals surface area contributed by atoms with Gasteiger partial charge < -0.3 is 9.47 Å². The van der Waals surface area contributed by atoms with Gasteiger partial charge in [0.1, 0.15) is 18.1 Å². The van der Waals surface area contributed by atoms with Gasteiger partial charge in [-0.05, 0) is 31.2 Å². The number of hydrogen-bond acceptors (Lipinski definition) is 2. The largest absolute Gasteiger partial charge is 0.494 e. The fraction of sp³-hybridized carbons (Fsp3) is 0.400. The van der Waals surface area contributed by atoms with Gasteiger partial charge in [-0.3, -0.25) is 0 Å². The second kappa shape index (κ2) is 5.70. The van der Waals surface area contributed by atoms with Crippen LogP contribution in [0.4, 0.5) is 0 Å². The molecule has 0 aliphatic rings. The van der Waals surface area contributed by atoms with Gasteiger partial charge >= 0.3 is 0 Å². The Morgan fingerprint density at radius 2 is 1.62 bits per heavy atom. The molecule has 0 aliphatic carbocycles. The van der Waals surface area contributed by atoms with Crippen LogP contribution in [0.5, 0.6) is 11.5 Å². The summed E-state index contributed by atoms with van der Waals surface area (Å²) < 4.78 is 10.6. The average Bonchev–Trinajstić information content (AvgIpc) is 2.17. The van der Waals surface area contributed by atoms with Crippen molar-refractivity contribution in [1.29, 1.82) is 0 Å². The van der Waals surface area contributed by atoms with Crippen LogP contribution < -0.4 is 9.47 Å². The summed E-state index contributed by atoms with van der Waals surface area (Å²) in [6.07, 6.45) is 0. The summed E-state index contributed by atoms with van der Waals surface area (Å²) in [7, 11) is 0. The lowest BCUT2D eigenvalue weighted by Gasteiger charge is -2.05. The highest BCUT2D eigenvalue weighted by Gasteiger charge is 1.94. The highest BCUT2D eigenvalue weighted by molar-refractivity contribution is 6.17. The first kappa shape index (κ1) is 10.2. The van der Waals surface area contributed by atoms with Crippen LogP contribution in [-0.4, -0.2) is 19.1 Å². The molecule has 3 heteroatoms. The summed E-state index contributed by atoms with van der Waals surface area (Å²) in [5, 5.41) is 0. The van der Waals surface area contributed by atoms with E-state index in [0.717, 1.165) is 11.5 Å². The Morgan fingerprint density at radius 3 is 2.08 bits per heavy atom. The molecule has 0 unspecified atom stereocenters. The molecule has 72 valence electrons. The zero-order chi connectivity index (χ0) is 9.52. The van der Waals surface area contributed by atoms with Crippen molar-refractivity contribution >= 4 is 11.6 Å². The lowest BCUT2D eigenvalue weighted by Crippen LogP contribution is -1.98. The molecule has 0 heterocycles. The molecule has 0 atom stereocenters. The Morgan fingerprint density at radius 1 is 1.08 bits per heavy atom. The van der Waals surface area contributed by atoms with E-state index in [1.165, 1.54) is 0 Å². The van der Waals surface area contributed by atoms with E-state index < -0.39 is 0 Å². The minimum atomic E-state index is 0.507. The van der Waals surface area contributed by atoms with E-state index in [0.29, 0.717) is 19.1 Å². The van der Waals surface area contributed by atoms with E-state index in [4.69, 9.17) is 21.1 Å². The molecule has 1 aromatic carbocycles. The van der Waals surface area contributed by atoms with E-state index in [-0.39, 0.29) is 0 Å². The first-order valence-corrected chi connectivity index (χ1v) is 4.82. The average molecular weight is 201 g/mol. The Bertz CT molecular complexity index is 233. The van der Waals surface area contributed by atoms with Crippen molar-refractivity contribution in [2.24, 2.45) is 0 Å². The first-order chi connectivity index (χ1) is 6.36. The molecule has 0 saturated carbocycles. The van der Waals surface area contributed by atoms with Gasteiger partial charge in [-0.2, -0.15) is 0 Å². The zero-order valence-electron chi connectivity index (χ0n) is 7.63. The molecular formula is C10H13ClO2. The number of rotatable bonds is 5. The predicted molar refractivity (Wildman–Crippen MR) is 53.8 cm³/mol. The van der Waals surface area contributed by atoms with Crippen LogP contribution in [0.25, 0.3) is 0 Å². The quantitative estimate of drug-likeness (QED) is 0.681. The van der Waals surface area contributed by atoms with Crippen LogP contribution in [0.15, 0.2) is 24.3 Å². The Balaban J connectivity index is 2.48. The van der Waals surface area contributed by atoms with Gasteiger partial charge in [-0.25, -0.2) is 0 Å². The molecule has 13 heavy (non-hydrogen) atoms. The SMILES string of the molecule is CCOc1ccc(OCCCl)cc1. The minimum Gasteiger partial charge on any atom is -0.494 e. The van der Waals surface area contributed by atoms with Gasteiger partial charge in [-0.1, -0.05) is 0 Å². The third-order valence-corrected chi connectivity index (χ3v) is 1.63. The fourth-order valence-electron chi connectivity index (χ4n) is 0.955. The molecule has 2 nitrogen and oxygen atoms in total. The minimum absolute atomic E-state index is 0.507. The number of ether oxygens (including phenoxy) is 2. The molecule has 0 N–H and O–H groups in total. The van der Waals surface area contributed by atoms with Gasteiger partial charge in [-0.15, -0.1) is 11.6 Å². The van der Waals surface area contributed by atoms with Gasteiger partial charge in [0, 0.05) is 0 Å². The Hall–Kier alpha value is -0.890. The fourth-order valence-corrected chi connectivity index (χ4v) is 1.03. The molecule has 0 aromatic heterocycles. The third-order valence-electron chi connectivity index (χ3n) is 1.48. The van der Waals surface area contributed by atoms with Crippen molar-refractivity contribution in [3.63, 3.8) is 0 Å². The monoisotopic (exact) mass is 200 g/mol. The lowest BCUT2D eigenvalue weighted by atomic mass is 10.3. The predicted octanol–water partition coefficient (Wildman–Crippen LogP) is 2.70. The maximum atomic E-state index is 5.48. The normalized spacial score (nSPS) is 9.69. The summed E-state index contributed by atoms with van der Waals surface area (Å²) >= 11 is 5.48. The third kappa shape index (κ3) is 3.55. The Kier molecular flexibility index (Phi) is 4.47. The number of hydrogen-bond donors (Lipinski definition) is 0. The molecule has 0 radical (unpaired) electrons. The Labute approximate surface area is 83.4 Å². The highest BCUT2D eigenvalue weighted by Crippen LogP contribution is 2.17. The number of halogens is 1. The molecular weight excluding hydrogens is 188 g/mol. The van der Waals surface area contributed by atoms with Gasteiger partial charge in [0.2, 0.25) is 0 Å². The van der Waals surface area contributed by atoms with Gasteiger partial charge in [0.25, 0.3) is 0 Å². The van der Waals surface area contributed by atoms with Crippen LogP contribution in [0.2, 0.25) is 0 Å². The molecule has 0 saturated heterocycles. The summed E-state index contributed by atoms with van der Waals surface area (Å²) in [5.41, 5.74) is 0. The summed E-state index contributed by atoms with van der Waals surface area (Å²) in [6, 6.07) is 7.51. The van der Waals surface area contributed by atoms with E-state index in [2.05, 4.69) is 0 Å². The van der Waals surface area contributed by atoms with Crippen molar-refractivity contribution in [1.82, 2.24) is 0 Å². The molecule has 0 spiro atoms. The summed E-state index contributed by atoms with van der Waals surface area (Å²) in [6.45, 7) is 3.18. The van der Waals surface area contributed by atoms with Crippen LogP contribution in [0.1, 0.15) is 6.92 Å². The van der Waals surface area contributed by atoms with Crippen LogP contribution in [0.3, 0.4) is 0 Å². The highest BCUT2D eigenvalue weighted by atomic mass is 35.5. The summed E-state index contributed by atoms with van der Waals surface area (Å²) in [5.74, 6) is 2.19. The second-order valence-corrected chi connectivity index (χ2v) is 2.82. The zero-order valence-corrected chi connectivity index (χ0v) is 8.38. The van der Waals surface area contributed by atoms with Gasteiger partial charge in [0.15, 0.2) is 0 Å². The molecule has 1 rings (SSSR count). The van der Waals surface area contributed by atoms with E-state index in [1.54, 1.807) is 0 Å². The van der Waals surface area contributed by atoms with Crippen molar-refractivity contribution in [2.75, 3.05) is 19.1 Å². The molecule has 0 aliphatic heterocycles. The smallest absolute Gasteiger partial charge is 0.119 e. The molecule has 0 fully saturated rings. The van der Waals surface area contributed by atoms with Crippen molar-refractivity contribution < 1.29 is 9.47 Å². The second-order valence-electron chi connectivity index (χ2n) is 2.44. The maximum absolute atomic E-state index is 5.48. The van der Waals surface area contributed by atoms with E-state index in [9.17, 15) is 0 Å². The molecule has 0 amide bonds. The summed E-state index contributed by atoms with van der Waals surface area (Å²) in [4.78, 5) is 0. The molecule has 0 bridgehead atoms. The lowest BCUT2D eigenvalue weighted by molar-refractivity contribution is 0.332. The van der Waals surface area contributed by atoms with E-state index in [1.807, 2.05) is 31.2 Å². The number of benzene rings is 1. The van der Waals surface area contributed by atoms with E-state index >= 15 is 0 Å². The number of alkyl halides is 1. The van der Waals surface area contributed by atoms with Crippen LogP contribution >= 0.6 is 11.6 Å². The standard InChI is InChI=1S/C10H13ClO2/c1-2-12-9-3-5-10(6-4-9)13-8-7-11/h3-6H,2,7-8H2,1H3. The molecule has 1 aromatic rings. The van der Waals surface area contributed by atoms with Crippen LogP contribution in [0, 0.1) is 0 Å². The van der Waals surface area contributed by atoms with Crippen molar-refractivity contribution in [3.05, 3.63) is 24.3 Å². The topological polar surface area (TPSA) is 18.5 Å². The maximum Gasteiger partial charge on any atom is 0.119 e. The van der Waals surface area contributed by atoms with Gasteiger partial charge in [0.05, 0.1) is 12.5 Å². The van der Waals surface area contributed by atoms with Crippen LogP contribution in [-0.2, 0) is 0 Å². The van der Waals surface area contributed by atoms with Crippen molar-refractivity contribution in [2.45, 2.75) is 6.92 Å². The first-order valence-electron chi connectivity index (χ1n) is 4.28.